The van der Waals surface area contributed by atoms with Crippen molar-refractivity contribution in [2.75, 3.05) is 18.6 Å². The number of esters is 1. The fraction of sp³-hybridized carbons (Fsp3) is 0.364. The van der Waals surface area contributed by atoms with Crippen molar-refractivity contribution in [3.05, 3.63) is 63.0 Å². The van der Waals surface area contributed by atoms with E-state index in [9.17, 15) is 9.59 Å². The largest absolute Gasteiger partial charge is 0.453 e. The monoisotopic (exact) mass is 381 g/mol. The second-order valence-corrected chi connectivity index (χ2v) is 8.82. The zero-order valence-corrected chi connectivity index (χ0v) is 16.7. The molecule has 140 valence electrons. The minimum Gasteiger partial charge on any atom is -0.453 e. The lowest BCUT2D eigenvalue weighted by atomic mass is 9.83. The van der Waals surface area contributed by atoms with Crippen molar-refractivity contribution in [2.24, 2.45) is 0 Å². The Hall–Kier alpha value is -2.40. The lowest BCUT2D eigenvalue weighted by Gasteiger charge is -2.23. The molecule has 1 aliphatic carbocycles. The van der Waals surface area contributed by atoms with Crippen LogP contribution in [0.2, 0.25) is 0 Å². The number of carbonyl (C=O) groups excluding carboxylic acids is 2. The average molecular weight is 381 g/mol. The summed E-state index contributed by atoms with van der Waals surface area (Å²) in [7, 11) is 1.96. The van der Waals surface area contributed by atoms with E-state index in [2.05, 4.69) is 26.0 Å². The van der Waals surface area contributed by atoms with E-state index >= 15 is 0 Å². The molecular formula is C22H23NO3S. The van der Waals surface area contributed by atoms with Crippen LogP contribution >= 0.6 is 11.3 Å². The van der Waals surface area contributed by atoms with Crippen LogP contribution in [0, 0.1) is 0 Å². The summed E-state index contributed by atoms with van der Waals surface area (Å²) >= 11 is 1.50. The maximum atomic E-state index is 12.5. The minimum atomic E-state index is -0.400. The highest BCUT2D eigenvalue weighted by molar-refractivity contribution is 7.14. The summed E-state index contributed by atoms with van der Waals surface area (Å²) < 4.78 is 5.28. The summed E-state index contributed by atoms with van der Waals surface area (Å²) in [6.45, 7) is 3.98. The Kier molecular flexibility index (Phi) is 4.42. The summed E-state index contributed by atoms with van der Waals surface area (Å²) in [6, 6.07) is 10.1. The van der Waals surface area contributed by atoms with Gasteiger partial charge in [0.15, 0.2) is 12.4 Å². The molecule has 5 heteroatoms. The summed E-state index contributed by atoms with van der Waals surface area (Å²) in [4.78, 5) is 28.7. The van der Waals surface area contributed by atoms with Gasteiger partial charge in [-0.25, -0.2) is 4.79 Å². The number of anilines is 1. The van der Waals surface area contributed by atoms with Crippen LogP contribution in [-0.2, 0) is 27.8 Å². The van der Waals surface area contributed by atoms with Gasteiger partial charge in [0.1, 0.15) is 4.88 Å². The van der Waals surface area contributed by atoms with E-state index in [1.54, 1.807) is 6.08 Å². The number of fused-ring (bicyclic) bond motifs is 2. The molecule has 0 fully saturated rings. The number of hydrogen-bond donors (Lipinski definition) is 0. The van der Waals surface area contributed by atoms with E-state index in [1.807, 2.05) is 30.1 Å². The summed E-state index contributed by atoms with van der Waals surface area (Å²) in [6.07, 6.45) is 4.85. The van der Waals surface area contributed by atoms with Gasteiger partial charge in [-0.3, -0.25) is 4.79 Å². The maximum absolute atomic E-state index is 12.5. The highest BCUT2D eigenvalue weighted by Crippen LogP contribution is 2.46. The molecule has 4 rings (SSSR count). The standard InChI is InChI=1S/C22H23NO3S/c1-22(2)16-8-4-5-9-17(16)23(3)20(22)12-15(24)13-26-21(25)19-11-14-7-6-10-18(14)27-19/h4-5,8-9,11-12H,6-7,10,13H2,1-3H3/b20-12+. The number of ether oxygens (including phenoxy) is 1. The first kappa shape index (κ1) is 18.0. The van der Waals surface area contributed by atoms with E-state index in [1.165, 1.54) is 27.3 Å². The Labute approximate surface area is 163 Å². The third-order valence-electron chi connectivity index (χ3n) is 5.53. The summed E-state index contributed by atoms with van der Waals surface area (Å²) in [5.41, 5.74) is 4.20. The number of aryl methyl sites for hydroxylation is 2. The van der Waals surface area contributed by atoms with Crippen LogP contribution in [0.25, 0.3) is 0 Å². The van der Waals surface area contributed by atoms with Gasteiger partial charge in [0.2, 0.25) is 0 Å². The summed E-state index contributed by atoms with van der Waals surface area (Å²) in [5, 5.41) is 0. The van der Waals surface area contributed by atoms with Gasteiger partial charge < -0.3 is 9.64 Å². The number of rotatable bonds is 4. The van der Waals surface area contributed by atoms with Gasteiger partial charge in [-0.05, 0) is 42.5 Å². The first-order valence-corrected chi connectivity index (χ1v) is 10.1. The maximum Gasteiger partial charge on any atom is 0.348 e. The number of thiophene rings is 1. The van der Waals surface area contributed by atoms with Crippen LogP contribution in [0.3, 0.4) is 0 Å². The normalized spacial score (nSPS) is 18.5. The Balaban J connectivity index is 1.45. The average Bonchev–Trinajstić information content (AvgIpc) is 3.29. The van der Waals surface area contributed by atoms with E-state index in [4.69, 9.17) is 4.74 Å². The van der Waals surface area contributed by atoms with Crippen LogP contribution in [0.15, 0.2) is 42.1 Å². The number of hydrogen-bond acceptors (Lipinski definition) is 5. The Morgan fingerprint density at radius 2 is 2.04 bits per heavy atom. The first-order valence-electron chi connectivity index (χ1n) is 9.25. The van der Waals surface area contributed by atoms with Crippen molar-refractivity contribution >= 4 is 28.8 Å². The van der Waals surface area contributed by atoms with Crippen molar-refractivity contribution in [3.8, 4) is 0 Å². The quantitative estimate of drug-likeness (QED) is 0.586. The smallest absolute Gasteiger partial charge is 0.348 e. The van der Waals surface area contributed by atoms with Gasteiger partial charge in [-0.1, -0.05) is 32.0 Å². The van der Waals surface area contributed by atoms with Crippen molar-refractivity contribution in [1.29, 1.82) is 0 Å². The second-order valence-electron chi connectivity index (χ2n) is 7.69. The number of nitrogens with zero attached hydrogens (tertiary/aromatic N) is 1. The van der Waals surface area contributed by atoms with Gasteiger partial charge in [0.05, 0.1) is 0 Å². The molecule has 0 amide bonds. The lowest BCUT2D eigenvalue weighted by molar-refractivity contribution is -0.117. The third-order valence-corrected chi connectivity index (χ3v) is 6.75. The first-order chi connectivity index (χ1) is 12.9. The van der Waals surface area contributed by atoms with Crippen molar-refractivity contribution < 1.29 is 14.3 Å². The number of likely N-dealkylation sites (N-methyl/N-ethyl adjacent to an activating group) is 1. The molecule has 0 N–H and O–H groups in total. The van der Waals surface area contributed by atoms with Crippen LogP contribution in [0.4, 0.5) is 5.69 Å². The highest BCUT2D eigenvalue weighted by Gasteiger charge is 2.38. The van der Waals surface area contributed by atoms with Crippen molar-refractivity contribution in [3.63, 3.8) is 0 Å². The van der Waals surface area contributed by atoms with Gasteiger partial charge in [0.25, 0.3) is 0 Å². The fourth-order valence-corrected chi connectivity index (χ4v) is 5.24. The number of carbonyl (C=O) groups is 2. The molecule has 4 nitrogen and oxygen atoms in total. The highest BCUT2D eigenvalue weighted by atomic mass is 32.1. The zero-order valence-electron chi connectivity index (χ0n) is 15.9. The lowest BCUT2D eigenvalue weighted by Crippen LogP contribution is -2.25. The predicted octanol–water partition coefficient (Wildman–Crippen LogP) is 4.27. The molecule has 1 aromatic carbocycles. The minimum absolute atomic E-state index is 0.199. The molecule has 2 heterocycles. The number of allylic oxidation sites excluding steroid dienone is 1. The van der Waals surface area contributed by atoms with Gasteiger partial charge >= 0.3 is 5.97 Å². The molecule has 0 atom stereocenters. The molecular weight excluding hydrogens is 358 g/mol. The molecule has 0 bridgehead atoms. The molecule has 0 saturated heterocycles. The molecule has 1 aliphatic heterocycles. The predicted molar refractivity (Wildman–Crippen MR) is 108 cm³/mol. The van der Waals surface area contributed by atoms with E-state index in [0.717, 1.165) is 30.6 Å². The van der Waals surface area contributed by atoms with Gasteiger partial charge in [0, 0.05) is 34.8 Å². The molecule has 2 aromatic rings. The van der Waals surface area contributed by atoms with Crippen LogP contribution in [0.1, 0.15) is 45.9 Å². The zero-order chi connectivity index (χ0) is 19.2. The van der Waals surface area contributed by atoms with Crippen molar-refractivity contribution in [1.82, 2.24) is 0 Å². The van der Waals surface area contributed by atoms with E-state index in [-0.39, 0.29) is 17.8 Å². The SMILES string of the molecule is CN1/C(=C/C(=O)COC(=O)c2cc3c(s2)CCC3)C(C)(C)c2ccccc21. The Bertz CT molecular complexity index is 933. The van der Waals surface area contributed by atoms with Crippen molar-refractivity contribution in [2.45, 2.75) is 38.5 Å². The van der Waals surface area contributed by atoms with E-state index < -0.39 is 5.97 Å². The Morgan fingerprint density at radius 1 is 1.26 bits per heavy atom. The molecule has 0 saturated carbocycles. The fourth-order valence-electron chi connectivity index (χ4n) is 4.09. The topological polar surface area (TPSA) is 46.6 Å². The molecule has 0 spiro atoms. The molecule has 2 aliphatic rings. The molecule has 1 aromatic heterocycles. The Morgan fingerprint density at radius 3 is 2.78 bits per heavy atom. The van der Waals surface area contributed by atoms with Crippen LogP contribution < -0.4 is 4.90 Å². The van der Waals surface area contributed by atoms with Gasteiger partial charge in [-0.15, -0.1) is 11.3 Å². The van der Waals surface area contributed by atoms with Crippen LogP contribution in [-0.4, -0.2) is 25.4 Å². The van der Waals surface area contributed by atoms with Crippen LogP contribution in [0.5, 0.6) is 0 Å². The van der Waals surface area contributed by atoms with E-state index in [0.29, 0.717) is 4.88 Å². The number of para-hydroxylation sites is 1. The molecule has 27 heavy (non-hydrogen) atoms. The molecule has 0 unspecified atom stereocenters. The summed E-state index contributed by atoms with van der Waals surface area (Å²) in [5.74, 6) is -0.598. The number of benzene rings is 1. The third kappa shape index (κ3) is 3.10. The molecule has 0 radical (unpaired) electrons. The van der Waals surface area contributed by atoms with Gasteiger partial charge in [-0.2, -0.15) is 0 Å². The second kappa shape index (κ2) is 6.64. The number of ketones is 1.